The highest BCUT2D eigenvalue weighted by Gasteiger charge is 2.32. The second-order valence-corrected chi connectivity index (χ2v) is 5.16. The molecular weight excluding hydrogens is 287 g/mol. The molecule has 118 valence electrons. The number of rotatable bonds is 3. The van der Waals surface area contributed by atoms with Crippen LogP contribution in [0.4, 0.5) is 13.2 Å². The molecule has 0 aromatic carbocycles. The van der Waals surface area contributed by atoms with Crippen LogP contribution in [0.2, 0.25) is 0 Å². The summed E-state index contributed by atoms with van der Waals surface area (Å²) in [6.07, 6.45) is -3.41. The predicted molar refractivity (Wildman–Crippen MR) is 69.8 cm³/mol. The second kappa shape index (κ2) is 6.07. The van der Waals surface area contributed by atoms with E-state index in [0.29, 0.717) is 13.2 Å². The normalized spacial score (nSPS) is 21.4. The molecule has 1 fully saturated rings. The monoisotopic (exact) mass is 305 g/mol. The van der Waals surface area contributed by atoms with E-state index in [1.165, 1.54) is 23.2 Å². The first-order valence-corrected chi connectivity index (χ1v) is 6.66. The standard InChI is InChI=1S/C13H18F3N3O2/c1-9(17)11-7-18(5-6-21-11)12(20)10-3-2-4-19(10)8-13(14,15)16/h2-4,9,11H,5-8,17H2,1H3. The number of halogens is 3. The van der Waals surface area contributed by atoms with E-state index in [9.17, 15) is 18.0 Å². The predicted octanol–water partition coefficient (Wildman–Crippen LogP) is 1.24. The van der Waals surface area contributed by atoms with Gasteiger partial charge < -0.3 is 19.9 Å². The molecule has 1 aromatic heterocycles. The first-order chi connectivity index (χ1) is 9.78. The van der Waals surface area contributed by atoms with Gasteiger partial charge in [0, 0.05) is 25.3 Å². The molecule has 0 aliphatic carbocycles. The Hall–Kier alpha value is -1.54. The molecule has 1 saturated heterocycles. The van der Waals surface area contributed by atoms with E-state index in [2.05, 4.69) is 0 Å². The zero-order chi connectivity index (χ0) is 15.6. The fraction of sp³-hybridized carbons (Fsp3) is 0.615. The summed E-state index contributed by atoms with van der Waals surface area (Å²) >= 11 is 0. The van der Waals surface area contributed by atoms with Gasteiger partial charge in [0.05, 0.1) is 12.7 Å². The smallest absolute Gasteiger partial charge is 0.373 e. The van der Waals surface area contributed by atoms with Crippen molar-refractivity contribution in [2.45, 2.75) is 31.8 Å². The molecule has 2 unspecified atom stereocenters. The number of hydrogen-bond donors (Lipinski definition) is 1. The fourth-order valence-corrected chi connectivity index (χ4v) is 2.28. The molecule has 1 amide bonds. The highest BCUT2D eigenvalue weighted by molar-refractivity contribution is 5.92. The SMILES string of the molecule is CC(N)C1CN(C(=O)c2cccn2CC(F)(F)F)CCO1. The van der Waals surface area contributed by atoms with E-state index >= 15 is 0 Å². The second-order valence-electron chi connectivity index (χ2n) is 5.16. The van der Waals surface area contributed by atoms with Gasteiger partial charge >= 0.3 is 6.18 Å². The van der Waals surface area contributed by atoms with Crippen LogP contribution >= 0.6 is 0 Å². The number of nitrogens with two attached hydrogens (primary N) is 1. The number of nitrogens with zero attached hydrogens (tertiary/aromatic N) is 2. The molecule has 1 aromatic rings. The molecule has 2 atom stereocenters. The van der Waals surface area contributed by atoms with Gasteiger partial charge in [0.1, 0.15) is 12.2 Å². The molecule has 0 spiro atoms. The number of aromatic nitrogens is 1. The largest absolute Gasteiger partial charge is 0.406 e. The average Bonchev–Trinajstić information content (AvgIpc) is 2.83. The third kappa shape index (κ3) is 3.98. The number of alkyl halides is 3. The zero-order valence-electron chi connectivity index (χ0n) is 11.6. The Morgan fingerprint density at radius 1 is 1.57 bits per heavy atom. The quantitative estimate of drug-likeness (QED) is 0.914. The minimum absolute atomic E-state index is 0.0256. The summed E-state index contributed by atoms with van der Waals surface area (Å²) in [7, 11) is 0. The van der Waals surface area contributed by atoms with E-state index < -0.39 is 18.6 Å². The highest BCUT2D eigenvalue weighted by Crippen LogP contribution is 2.20. The molecule has 1 aliphatic heterocycles. The van der Waals surface area contributed by atoms with Crippen LogP contribution in [-0.2, 0) is 11.3 Å². The molecule has 5 nitrogen and oxygen atoms in total. The Bertz CT molecular complexity index is 499. The summed E-state index contributed by atoms with van der Waals surface area (Å²) in [6.45, 7) is 1.55. The van der Waals surface area contributed by atoms with Crippen LogP contribution in [0, 0.1) is 0 Å². The number of carbonyl (C=O) groups excluding carboxylic acids is 1. The van der Waals surface area contributed by atoms with Crippen molar-refractivity contribution in [1.29, 1.82) is 0 Å². The van der Waals surface area contributed by atoms with Crippen LogP contribution in [0.3, 0.4) is 0 Å². The Labute approximate surface area is 120 Å². The first kappa shape index (κ1) is 15.8. The minimum atomic E-state index is -4.37. The van der Waals surface area contributed by atoms with Crippen LogP contribution in [0.15, 0.2) is 18.3 Å². The number of morpholine rings is 1. The highest BCUT2D eigenvalue weighted by atomic mass is 19.4. The van der Waals surface area contributed by atoms with Crippen LogP contribution in [0.1, 0.15) is 17.4 Å². The maximum Gasteiger partial charge on any atom is 0.406 e. The molecule has 2 heterocycles. The molecular formula is C13H18F3N3O2. The Kier molecular flexibility index (Phi) is 4.58. The molecule has 0 radical (unpaired) electrons. The maximum absolute atomic E-state index is 12.5. The van der Waals surface area contributed by atoms with Gasteiger partial charge in [-0.3, -0.25) is 4.79 Å². The summed E-state index contributed by atoms with van der Waals surface area (Å²) in [6, 6.07) is 2.58. The molecule has 21 heavy (non-hydrogen) atoms. The molecule has 8 heteroatoms. The van der Waals surface area contributed by atoms with Gasteiger partial charge in [-0.05, 0) is 19.1 Å². The lowest BCUT2D eigenvalue weighted by Crippen LogP contribution is -2.51. The number of carbonyl (C=O) groups is 1. The lowest BCUT2D eigenvalue weighted by molar-refractivity contribution is -0.140. The molecule has 2 rings (SSSR count). The van der Waals surface area contributed by atoms with E-state index in [0.717, 1.165) is 4.57 Å². The topological polar surface area (TPSA) is 60.5 Å². The van der Waals surface area contributed by atoms with E-state index in [1.807, 2.05) is 0 Å². The van der Waals surface area contributed by atoms with Crippen molar-refractivity contribution in [2.75, 3.05) is 19.7 Å². The molecule has 1 aliphatic rings. The van der Waals surface area contributed by atoms with Gasteiger partial charge in [0.2, 0.25) is 0 Å². The van der Waals surface area contributed by atoms with Crippen LogP contribution in [0.25, 0.3) is 0 Å². The number of ether oxygens (including phenoxy) is 1. The first-order valence-electron chi connectivity index (χ1n) is 6.66. The zero-order valence-corrected chi connectivity index (χ0v) is 11.6. The molecule has 0 saturated carbocycles. The summed E-state index contributed by atoms with van der Waals surface area (Å²) in [4.78, 5) is 13.9. The Morgan fingerprint density at radius 3 is 2.90 bits per heavy atom. The van der Waals surface area contributed by atoms with Crippen LogP contribution in [0.5, 0.6) is 0 Å². The van der Waals surface area contributed by atoms with Gasteiger partial charge in [-0.2, -0.15) is 13.2 Å². The maximum atomic E-state index is 12.5. The summed E-state index contributed by atoms with van der Waals surface area (Å²) < 4.78 is 43.8. The van der Waals surface area contributed by atoms with Crippen molar-refractivity contribution >= 4 is 5.91 Å². The van der Waals surface area contributed by atoms with Crippen molar-refractivity contribution in [3.05, 3.63) is 24.0 Å². The van der Waals surface area contributed by atoms with Gasteiger partial charge in [-0.25, -0.2) is 0 Å². The fourth-order valence-electron chi connectivity index (χ4n) is 2.28. The average molecular weight is 305 g/mol. The minimum Gasteiger partial charge on any atom is -0.373 e. The van der Waals surface area contributed by atoms with E-state index in [1.54, 1.807) is 6.92 Å². The molecule has 2 N–H and O–H groups in total. The van der Waals surface area contributed by atoms with Crippen molar-refractivity contribution < 1.29 is 22.7 Å². The van der Waals surface area contributed by atoms with Crippen molar-refractivity contribution in [1.82, 2.24) is 9.47 Å². The lowest BCUT2D eigenvalue weighted by Gasteiger charge is -2.34. The van der Waals surface area contributed by atoms with Crippen molar-refractivity contribution in [3.63, 3.8) is 0 Å². The number of hydrogen-bond acceptors (Lipinski definition) is 3. The van der Waals surface area contributed by atoms with E-state index in [-0.39, 0.29) is 24.4 Å². The Morgan fingerprint density at radius 2 is 2.29 bits per heavy atom. The van der Waals surface area contributed by atoms with Gasteiger partial charge in [0.15, 0.2) is 0 Å². The van der Waals surface area contributed by atoms with Crippen molar-refractivity contribution in [2.24, 2.45) is 5.73 Å². The summed E-state index contributed by atoms with van der Waals surface area (Å²) in [5.74, 6) is -0.432. The van der Waals surface area contributed by atoms with Gasteiger partial charge in [-0.15, -0.1) is 0 Å². The summed E-state index contributed by atoms with van der Waals surface area (Å²) in [5.41, 5.74) is 5.77. The summed E-state index contributed by atoms with van der Waals surface area (Å²) in [5, 5.41) is 0. The van der Waals surface area contributed by atoms with Crippen LogP contribution < -0.4 is 5.73 Å². The Balaban J connectivity index is 2.11. The van der Waals surface area contributed by atoms with E-state index in [4.69, 9.17) is 10.5 Å². The third-order valence-electron chi connectivity index (χ3n) is 3.37. The van der Waals surface area contributed by atoms with Crippen LogP contribution in [-0.4, -0.2) is 53.4 Å². The third-order valence-corrected chi connectivity index (χ3v) is 3.37. The number of amides is 1. The van der Waals surface area contributed by atoms with Gasteiger partial charge in [-0.1, -0.05) is 0 Å². The molecule has 0 bridgehead atoms. The lowest BCUT2D eigenvalue weighted by atomic mass is 10.1. The van der Waals surface area contributed by atoms with Gasteiger partial charge in [0.25, 0.3) is 5.91 Å². The van der Waals surface area contributed by atoms with Crippen molar-refractivity contribution in [3.8, 4) is 0 Å².